The third-order valence-electron chi connectivity index (χ3n) is 2.42. The van der Waals surface area contributed by atoms with Crippen molar-refractivity contribution in [3.8, 4) is 0 Å². The van der Waals surface area contributed by atoms with E-state index in [1.165, 1.54) is 14.0 Å². The van der Waals surface area contributed by atoms with Crippen molar-refractivity contribution in [1.29, 1.82) is 0 Å². The minimum absolute atomic E-state index is 0.119. The molecule has 0 aliphatic heterocycles. The molecule has 0 saturated carbocycles. The van der Waals surface area contributed by atoms with E-state index in [0.717, 1.165) is 11.3 Å². The molecule has 0 aromatic heterocycles. The van der Waals surface area contributed by atoms with Gasteiger partial charge in [-0.3, -0.25) is 9.59 Å². The van der Waals surface area contributed by atoms with Crippen LogP contribution in [0.5, 0.6) is 0 Å². The van der Waals surface area contributed by atoms with Crippen LogP contribution in [0.2, 0.25) is 0 Å². The zero-order valence-corrected chi connectivity index (χ0v) is 11.1. The number of hydrogen-bond acceptors (Lipinski definition) is 4. The van der Waals surface area contributed by atoms with Crippen molar-refractivity contribution >= 4 is 17.5 Å². The summed E-state index contributed by atoms with van der Waals surface area (Å²) < 4.78 is 4.80. The molecule has 6 heteroatoms. The largest absolute Gasteiger partial charge is 0.383 e. The van der Waals surface area contributed by atoms with Gasteiger partial charge in [0.2, 0.25) is 11.8 Å². The van der Waals surface area contributed by atoms with Gasteiger partial charge in [-0.2, -0.15) is 0 Å². The third kappa shape index (κ3) is 5.50. The van der Waals surface area contributed by atoms with Gasteiger partial charge in [0, 0.05) is 26.3 Å². The first-order chi connectivity index (χ1) is 9.02. The van der Waals surface area contributed by atoms with E-state index >= 15 is 0 Å². The Hall–Kier alpha value is -1.92. The van der Waals surface area contributed by atoms with Crippen LogP contribution in [0.15, 0.2) is 24.3 Å². The maximum absolute atomic E-state index is 11.5. The maximum atomic E-state index is 11.5. The zero-order valence-electron chi connectivity index (χ0n) is 11.1. The van der Waals surface area contributed by atoms with Crippen LogP contribution in [-0.2, 0) is 20.9 Å². The van der Waals surface area contributed by atoms with Crippen LogP contribution in [-0.4, -0.2) is 31.6 Å². The molecular formula is C13H19N3O3. The van der Waals surface area contributed by atoms with Gasteiger partial charge in [-0.25, -0.2) is 0 Å². The molecule has 4 N–H and O–H groups in total. The zero-order chi connectivity index (χ0) is 14.3. The van der Waals surface area contributed by atoms with Crippen molar-refractivity contribution < 1.29 is 14.3 Å². The molecule has 0 saturated heterocycles. The van der Waals surface area contributed by atoms with Crippen LogP contribution < -0.4 is 16.4 Å². The monoisotopic (exact) mass is 265 g/mol. The Kier molecular flexibility index (Phi) is 5.98. The van der Waals surface area contributed by atoms with Gasteiger partial charge in [0.25, 0.3) is 0 Å². The Morgan fingerprint density at radius 3 is 2.47 bits per heavy atom. The van der Waals surface area contributed by atoms with E-state index in [0.29, 0.717) is 6.54 Å². The van der Waals surface area contributed by atoms with Gasteiger partial charge < -0.3 is 21.1 Å². The molecule has 6 nitrogen and oxygen atoms in total. The lowest BCUT2D eigenvalue weighted by Gasteiger charge is -2.11. The molecule has 1 aromatic carbocycles. The molecule has 1 atom stereocenters. The molecule has 1 rings (SSSR count). The molecule has 1 aromatic rings. The van der Waals surface area contributed by atoms with Crippen LogP contribution in [0.1, 0.15) is 12.5 Å². The van der Waals surface area contributed by atoms with Crippen LogP contribution in [0.25, 0.3) is 0 Å². The maximum Gasteiger partial charge on any atom is 0.239 e. The standard InChI is InChI=1S/C13H19N3O3/c1-9(17)16-11-5-3-10(4-6-11)7-15-13(18)12(14)8-19-2/h3-6,12H,7-8,14H2,1-2H3,(H,15,18)(H,16,17). The second-order valence-corrected chi connectivity index (χ2v) is 4.16. The topological polar surface area (TPSA) is 93.4 Å². The van der Waals surface area contributed by atoms with Crippen molar-refractivity contribution in [2.75, 3.05) is 19.0 Å². The second kappa shape index (κ2) is 7.50. The highest BCUT2D eigenvalue weighted by Crippen LogP contribution is 2.09. The molecule has 0 heterocycles. The summed E-state index contributed by atoms with van der Waals surface area (Å²) in [5, 5.41) is 5.38. The van der Waals surface area contributed by atoms with Crippen LogP contribution in [0, 0.1) is 0 Å². The highest BCUT2D eigenvalue weighted by atomic mass is 16.5. The fourth-order valence-electron chi connectivity index (χ4n) is 1.48. The molecule has 0 spiro atoms. The number of benzene rings is 1. The van der Waals surface area contributed by atoms with Gasteiger partial charge in [0.1, 0.15) is 6.04 Å². The summed E-state index contributed by atoms with van der Waals surface area (Å²) in [6.45, 7) is 2.02. The number of rotatable bonds is 6. The predicted octanol–water partition coefficient (Wildman–Crippen LogP) is 0.235. The Bertz CT molecular complexity index is 431. The lowest BCUT2D eigenvalue weighted by Crippen LogP contribution is -2.43. The molecule has 0 bridgehead atoms. The van der Waals surface area contributed by atoms with Crippen molar-refractivity contribution in [1.82, 2.24) is 5.32 Å². The first-order valence-corrected chi connectivity index (χ1v) is 5.91. The van der Waals surface area contributed by atoms with Gasteiger partial charge in [-0.05, 0) is 17.7 Å². The molecule has 0 aliphatic rings. The summed E-state index contributed by atoms with van der Waals surface area (Å²) in [6.07, 6.45) is 0. The third-order valence-corrected chi connectivity index (χ3v) is 2.42. The molecule has 104 valence electrons. The highest BCUT2D eigenvalue weighted by Gasteiger charge is 2.12. The number of anilines is 1. The first kappa shape index (κ1) is 15.1. The van der Waals surface area contributed by atoms with E-state index in [9.17, 15) is 9.59 Å². The van der Waals surface area contributed by atoms with Crippen LogP contribution in [0.3, 0.4) is 0 Å². The predicted molar refractivity (Wildman–Crippen MR) is 72.4 cm³/mol. The molecule has 1 unspecified atom stereocenters. The number of carbonyl (C=O) groups is 2. The molecular weight excluding hydrogens is 246 g/mol. The summed E-state index contributed by atoms with van der Waals surface area (Å²) in [7, 11) is 1.49. The van der Waals surface area contributed by atoms with E-state index in [1.807, 2.05) is 12.1 Å². The van der Waals surface area contributed by atoms with Crippen molar-refractivity contribution in [3.63, 3.8) is 0 Å². The number of ether oxygens (including phenoxy) is 1. The van der Waals surface area contributed by atoms with Crippen molar-refractivity contribution in [3.05, 3.63) is 29.8 Å². The van der Waals surface area contributed by atoms with Gasteiger partial charge in [0.05, 0.1) is 6.61 Å². The summed E-state index contributed by atoms with van der Waals surface area (Å²) >= 11 is 0. The van der Waals surface area contributed by atoms with Gasteiger partial charge in [0.15, 0.2) is 0 Å². The van der Waals surface area contributed by atoms with Gasteiger partial charge >= 0.3 is 0 Å². The first-order valence-electron chi connectivity index (χ1n) is 5.91. The SMILES string of the molecule is COCC(N)C(=O)NCc1ccc(NC(C)=O)cc1. The van der Waals surface area contributed by atoms with Crippen LogP contribution >= 0.6 is 0 Å². The average Bonchev–Trinajstić information content (AvgIpc) is 2.37. The number of nitrogens with two attached hydrogens (primary N) is 1. The number of carbonyl (C=O) groups excluding carboxylic acids is 2. The fourth-order valence-corrected chi connectivity index (χ4v) is 1.48. The number of amides is 2. The van der Waals surface area contributed by atoms with Gasteiger partial charge in [-0.1, -0.05) is 12.1 Å². The van der Waals surface area contributed by atoms with E-state index in [2.05, 4.69) is 10.6 Å². The Balaban J connectivity index is 2.45. The summed E-state index contributed by atoms with van der Waals surface area (Å²) in [5.74, 6) is -0.376. The molecule has 0 fully saturated rings. The second-order valence-electron chi connectivity index (χ2n) is 4.16. The summed E-state index contributed by atoms with van der Waals surface area (Å²) in [5.41, 5.74) is 7.23. The Labute approximate surface area is 112 Å². The van der Waals surface area contributed by atoms with Crippen molar-refractivity contribution in [2.24, 2.45) is 5.73 Å². The number of nitrogens with one attached hydrogen (secondary N) is 2. The normalized spacial score (nSPS) is 11.7. The lowest BCUT2D eigenvalue weighted by atomic mass is 10.2. The number of hydrogen-bond donors (Lipinski definition) is 3. The summed E-state index contributed by atoms with van der Waals surface area (Å²) in [6, 6.07) is 6.54. The van der Waals surface area contributed by atoms with E-state index in [4.69, 9.17) is 10.5 Å². The minimum atomic E-state index is -0.663. The molecule has 19 heavy (non-hydrogen) atoms. The fraction of sp³-hybridized carbons (Fsp3) is 0.385. The highest BCUT2D eigenvalue weighted by molar-refractivity contribution is 5.88. The lowest BCUT2D eigenvalue weighted by molar-refractivity contribution is -0.123. The molecule has 0 aliphatic carbocycles. The minimum Gasteiger partial charge on any atom is -0.383 e. The quantitative estimate of drug-likeness (QED) is 0.686. The van der Waals surface area contributed by atoms with E-state index in [-0.39, 0.29) is 18.4 Å². The van der Waals surface area contributed by atoms with Gasteiger partial charge in [-0.15, -0.1) is 0 Å². The van der Waals surface area contributed by atoms with Crippen molar-refractivity contribution in [2.45, 2.75) is 19.5 Å². The summed E-state index contributed by atoms with van der Waals surface area (Å²) in [4.78, 5) is 22.4. The number of methoxy groups -OCH3 is 1. The van der Waals surface area contributed by atoms with E-state index in [1.54, 1.807) is 12.1 Å². The average molecular weight is 265 g/mol. The Morgan fingerprint density at radius 1 is 1.32 bits per heavy atom. The van der Waals surface area contributed by atoms with Crippen LogP contribution in [0.4, 0.5) is 5.69 Å². The molecule has 0 radical (unpaired) electrons. The smallest absolute Gasteiger partial charge is 0.239 e. The van der Waals surface area contributed by atoms with E-state index < -0.39 is 6.04 Å². The molecule has 2 amide bonds. The Morgan fingerprint density at radius 2 is 1.95 bits per heavy atom.